The average Bonchev–Trinajstić information content (AvgIpc) is 2.93. The van der Waals surface area contributed by atoms with Gasteiger partial charge in [0.05, 0.1) is 13.2 Å². The Morgan fingerprint density at radius 2 is 2.21 bits per heavy atom. The van der Waals surface area contributed by atoms with E-state index in [-0.39, 0.29) is 0 Å². The van der Waals surface area contributed by atoms with Crippen LogP contribution in [0.5, 0.6) is 5.75 Å². The lowest BCUT2D eigenvalue weighted by atomic mass is 10.2. The summed E-state index contributed by atoms with van der Waals surface area (Å²) in [5.41, 5.74) is 0.954. The second kappa shape index (κ2) is 7.31. The van der Waals surface area contributed by atoms with Gasteiger partial charge in [-0.15, -0.1) is 0 Å². The number of rotatable bonds is 5. The fourth-order valence-corrected chi connectivity index (χ4v) is 2.29. The molecule has 0 bridgehead atoms. The van der Waals surface area contributed by atoms with E-state index >= 15 is 0 Å². The molecule has 1 atom stereocenters. The molecule has 0 aromatic heterocycles. The Morgan fingerprint density at radius 1 is 1.42 bits per heavy atom. The predicted octanol–water partition coefficient (Wildman–Crippen LogP) is 2.55. The van der Waals surface area contributed by atoms with E-state index in [2.05, 4.69) is 10.6 Å². The molecule has 0 aliphatic carbocycles. The van der Waals surface area contributed by atoms with Gasteiger partial charge in [-0.2, -0.15) is 0 Å². The van der Waals surface area contributed by atoms with Crippen molar-refractivity contribution in [2.75, 3.05) is 25.6 Å². The smallest absolute Gasteiger partial charge is 0.170 e. The van der Waals surface area contributed by atoms with Crippen LogP contribution in [0.3, 0.4) is 0 Å². The molecule has 104 valence electrons. The molecule has 2 rings (SSSR count). The second-order valence-electron chi connectivity index (χ2n) is 4.53. The Bertz CT molecular complexity index is 402. The molecule has 0 radical (unpaired) electrons. The predicted molar refractivity (Wildman–Crippen MR) is 80.8 cm³/mol. The highest BCUT2D eigenvalue weighted by Crippen LogP contribution is 2.15. The zero-order valence-electron chi connectivity index (χ0n) is 11.1. The highest BCUT2D eigenvalue weighted by Gasteiger charge is 2.14. The molecule has 4 nitrogen and oxygen atoms in total. The van der Waals surface area contributed by atoms with Crippen LogP contribution >= 0.6 is 12.2 Å². The van der Waals surface area contributed by atoms with Crippen molar-refractivity contribution in [2.45, 2.75) is 25.4 Å². The lowest BCUT2D eigenvalue weighted by Gasteiger charge is -2.13. The largest absolute Gasteiger partial charge is 0.497 e. The lowest BCUT2D eigenvalue weighted by molar-refractivity contribution is 0.105. The van der Waals surface area contributed by atoms with Crippen LogP contribution in [0.1, 0.15) is 19.3 Å². The van der Waals surface area contributed by atoms with Gasteiger partial charge in [-0.05, 0) is 55.7 Å². The van der Waals surface area contributed by atoms with Gasteiger partial charge in [0.15, 0.2) is 5.11 Å². The van der Waals surface area contributed by atoms with Crippen LogP contribution in [0.4, 0.5) is 5.69 Å². The summed E-state index contributed by atoms with van der Waals surface area (Å²) in [6.07, 6.45) is 3.75. The minimum atomic E-state index is 0.399. The Labute approximate surface area is 119 Å². The number of methoxy groups -OCH3 is 1. The molecule has 5 heteroatoms. The summed E-state index contributed by atoms with van der Waals surface area (Å²) in [4.78, 5) is 0. The summed E-state index contributed by atoms with van der Waals surface area (Å²) >= 11 is 5.24. The topological polar surface area (TPSA) is 42.5 Å². The number of thiocarbonyl (C=S) groups is 1. The van der Waals surface area contributed by atoms with Crippen LogP contribution < -0.4 is 15.4 Å². The first kappa shape index (κ1) is 14.1. The van der Waals surface area contributed by atoms with Gasteiger partial charge >= 0.3 is 0 Å². The highest BCUT2D eigenvalue weighted by molar-refractivity contribution is 7.80. The Hall–Kier alpha value is -1.33. The van der Waals surface area contributed by atoms with Gasteiger partial charge in [0.2, 0.25) is 0 Å². The summed E-state index contributed by atoms with van der Waals surface area (Å²) in [5, 5.41) is 6.98. The molecule has 0 saturated carbocycles. The van der Waals surface area contributed by atoms with Crippen LogP contribution in [-0.4, -0.2) is 31.5 Å². The first-order valence-corrected chi connectivity index (χ1v) is 6.99. The quantitative estimate of drug-likeness (QED) is 0.811. The van der Waals surface area contributed by atoms with Crippen molar-refractivity contribution in [1.82, 2.24) is 5.32 Å². The molecule has 1 aliphatic heterocycles. The fraction of sp³-hybridized carbons (Fsp3) is 0.500. The first-order valence-electron chi connectivity index (χ1n) is 6.58. The molecule has 2 N–H and O–H groups in total. The van der Waals surface area contributed by atoms with Crippen LogP contribution in [0, 0.1) is 0 Å². The fourth-order valence-electron chi connectivity index (χ4n) is 2.07. The van der Waals surface area contributed by atoms with E-state index in [9.17, 15) is 0 Å². The van der Waals surface area contributed by atoms with E-state index < -0.39 is 0 Å². The van der Waals surface area contributed by atoms with Gasteiger partial charge in [0, 0.05) is 18.8 Å². The SMILES string of the molecule is COc1ccc(NC(=S)NCCC2CCCO2)cc1. The number of nitrogens with one attached hydrogen (secondary N) is 2. The third-order valence-corrected chi connectivity index (χ3v) is 3.37. The highest BCUT2D eigenvalue weighted by atomic mass is 32.1. The van der Waals surface area contributed by atoms with E-state index in [0.29, 0.717) is 11.2 Å². The van der Waals surface area contributed by atoms with Gasteiger partial charge in [-0.25, -0.2) is 0 Å². The van der Waals surface area contributed by atoms with Crippen molar-refractivity contribution >= 4 is 23.0 Å². The number of benzene rings is 1. The van der Waals surface area contributed by atoms with Crippen LogP contribution in [0.2, 0.25) is 0 Å². The molecule has 1 fully saturated rings. The van der Waals surface area contributed by atoms with Gasteiger partial charge in [-0.1, -0.05) is 0 Å². The van der Waals surface area contributed by atoms with Crippen molar-refractivity contribution in [1.29, 1.82) is 0 Å². The van der Waals surface area contributed by atoms with Crippen molar-refractivity contribution in [3.63, 3.8) is 0 Å². The molecule has 1 aromatic rings. The average molecular weight is 280 g/mol. The number of hydrogen-bond donors (Lipinski definition) is 2. The molecule has 0 amide bonds. The van der Waals surface area contributed by atoms with Crippen molar-refractivity contribution in [2.24, 2.45) is 0 Å². The Morgan fingerprint density at radius 3 is 2.84 bits per heavy atom. The summed E-state index contributed by atoms with van der Waals surface area (Å²) in [6.45, 7) is 1.74. The number of hydrogen-bond acceptors (Lipinski definition) is 3. The minimum Gasteiger partial charge on any atom is -0.497 e. The molecule has 19 heavy (non-hydrogen) atoms. The maximum atomic E-state index is 5.56. The van der Waals surface area contributed by atoms with E-state index in [1.54, 1.807) is 7.11 Å². The zero-order valence-corrected chi connectivity index (χ0v) is 12.0. The summed E-state index contributed by atoms with van der Waals surface area (Å²) in [6, 6.07) is 7.68. The minimum absolute atomic E-state index is 0.399. The Balaban J connectivity index is 1.68. The molecular formula is C14H20N2O2S. The van der Waals surface area contributed by atoms with Gasteiger partial charge in [0.1, 0.15) is 5.75 Å². The van der Waals surface area contributed by atoms with E-state index in [1.165, 1.54) is 12.8 Å². The van der Waals surface area contributed by atoms with E-state index in [4.69, 9.17) is 21.7 Å². The summed E-state index contributed by atoms with van der Waals surface area (Å²) in [5.74, 6) is 0.836. The van der Waals surface area contributed by atoms with Crippen LogP contribution in [0.25, 0.3) is 0 Å². The lowest BCUT2D eigenvalue weighted by Crippen LogP contribution is -2.30. The van der Waals surface area contributed by atoms with Crippen LogP contribution in [-0.2, 0) is 4.74 Å². The third-order valence-electron chi connectivity index (χ3n) is 3.12. The maximum absolute atomic E-state index is 5.56. The number of anilines is 1. The molecule has 0 spiro atoms. The van der Waals surface area contributed by atoms with E-state index in [0.717, 1.165) is 31.0 Å². The van der Waals surface area contributed by atoms with Crippen LogP contribution in [0.15, 0.2) is 24.3 Å². The monoisotopic (exact) mass is 280 g/mol. The van der Waals surface area contributed by atoms with Crippen molar-refractivity contribution < 1.29 is 9.47 Å². The molecule has 1 unspecified atom stereocenters. The van der Waals surface area contributed by atoms with Crippen molar-refractivity contribution in [3.8, 4) is 5.75 Å². The van der Waals surface area contributed by atoms with Crippen molar-refractivity contribution in [3.05, 3.63) is 24.3 Å². The van der Waals surface area contributed by atoms with E-state index in [1.807, 2.05) is 24.3 Å². The second-order valence-corrected chi connectivity index (χ2v) is 4.94. The molecule has 1 heterocycles. The van der Waals surface area contributed by atoms with Gasteiger partial charge in [-0.3, -0.25) is 0 Å². The first-order chi connectivity index (χ1) is 9.28. The summed E-state index contributed by atoms with van der Waals surface area (Å²) in [7, 11) is 1.65. The van der Waals surface area contributed by atoms with Gasteiger partial charge < -0.3 is 20.1 Å². The normalized spacial score (nSPS) is 18.1. The molecule has 1 saturated heterocycles. The Kier molecular flexibility index (Phi) is 5.42. The zero-order chi connectivity index (χ0) is 13.5. The molecule has 1 aliphatic rings. The summed E-state index contributed by atoms with van der Waals surface area (Å²) < 4.78 is 10.7. The molecule has 1 aromatic carbocycles. The maximum Gasteiger partial charge on any atom is 0.170 e. The third kappa shape index (κ3) is 4.69. The van der Waals surface area contributed by atoms with Gasteiger partial charge in [0.25, 0.3) is 0 Å². The standard InChI is InChI=1S/C14H20N2O2S/c1-17-12-6-4-11(5-7-12)16-14(19)15-9-8-13-3-2-10-18-13/h4-7,13H,2-3,8-10H2,1H3,(H2,15,16,19). The number of ether oxygens (including phenoxy) is 2. The molecular weight excluding hydrogens is 260 g/mol.